The number of nitrogen functional groups attached to an aromatic ring is 1. The van der Waals surface area contributed by atoms with Crippen LogP contribution in [0.25, 0.3) is 0 Å². The summed E-state index contributed by atoms with van der Waals surface area (Å²) in [6.07, 6.45) is 0. The highest BCUT2D eigenvalue weighted by Gasteiger charge is 2.32. The standard InChI is InChI=1S/C9H19N5/c1-8(2,3)13-7(10)14(12-11-13)9(4,5)6/h10H,1-6H3/p+1. The van der Waals surface area contributed by atoms with Crippen LogP contribution in [0.1, 0.15) is 41.5 Å². The Morgan fingerprint density at radius 2 is 1.64 bits per heavy atom. The maximum Gasteiger partial charge on any atom is 0.363 e. The minimum absolute atomic E-state index is 0.131. The average Bonchev–Trinajstić information content (AvgIpc) is 2.26. The number of hydrogen-bond donors (Lipinski definition) is 1. The number of aromatic nitrogens is 4. The fourth-order valence-electron chi connectivity index (χ4n) is 1.22. The Morgan fingerprint density at radius 3 is 1.86 bits per heavy atom. The molecule has 0 aliphatic heterocycles. The highest BCUT2D eigenvalue weighted by molar-refractivity contribution is 5.06. The number of anilines is 1. The molecule has 0 saturated heterocycles. The molecule has 0 radical (unpaired) electrons. The molecule has 0 atom stereocenters. The number of hydrogen-bond acceptors (Lipinski definition) is 3. The molecule has 1 aromatic heterocycles. The van der Waals surface area contributed by atoms with Crippen LogP contribution in [0.2, 0.25) is 0 Å². The Balaban J connectivity index is 3.23. The molecular formula is C9H20N5+. The summed E-state index contributed by atoms with van der Waals surface area (Å²) in [6, 6.07) is 0. The van der Waals surface area contributed by atoms with Gasteiger partial charge < -0.3 is 5.73 Å². The van der Waals surface area contributed by atoms with Crippen molar-refractivity contribution in [2.45, 2.75) is 52.6 Å². The van der Waals surface area contributed by atoms with Gasteiger partial charge in [-0.15, -0.1) is 4.68 Å². The van der Waals surface area contributed by atoms with Gasteiger partial charge in [-0.1, -0.05) is 4.68 Å². The highest BCUT2D eigenvalue weighted by Crippen LogP contribution is 2.15. The molecule has 0 fully saturated rings. The van der Waals surface area contributed by atoms with E-state index < -0.39 is 0 Å². The zero-order chi connectivity index (χ0) is 11.1. The summed E-state index contributed by atoms with van der Waals surface area (Å²) in [5.41, 5.74) is 5.71. The molecule has 14 heavy (non-hydrogen) atoms. The minimum atomic E-state index is -0.131. The van der Waals surface area contributed by atoms with Gasteiger partial charge in [0.25, 0.3) is 0 Å². The van der Waals surface area contributed by atoms with E-state index in [1.165, 1.54) is 0 Å². The smallest absolute Gasteiger partial charge is 0.306 e. The van der Waals surface area contributed by atoms with Gasteiger partial charge in [0, 0.05) is 0 Å². The lowest BCUT2D eigenvalue weighted by Gasteiger charge is -2.16. The van der Waals surface area contributed by atoms with Crippen LogP contribution < -0.4 is 10.4 Å². The maximum absolute atomic E-state index is 5.98. The first-order valence-electron chi connectivity index (χ1n) is 4.78. The van der Waals surface area contributed by atoms with Crippen molar-refractivity contribution in [3.8, 4) is 0 Å². The summed E-state index contributed by atoms with van der Waals surface area (Å²) in [4.78, 5) is 0. The number of tetrazole rings is 1. The zero-order valence-electron chi connectivity index (χ0n) is 9.87. The van der Waals surface area contributed by atoms with Crippen molar-refractivity contribution in [3.63, 3.8) is 0 Å². The third kappa shape index (κ3) is 1.86. The summed E-state index contributed by atoms with van der Waals surface area (Å²) in [7, 11) is 0. The van der Waals surface area contributed by atoms with E-state index in [-0.39, 0.29) is 11.1 Å². The lowest BCUT2D eigenvalue weighted by Crippen LogP contribution is -2.54. The van der Waals surface area contributed by atoms with Crippen molar-refractivity contribution >= 4 is 5.95 Å². The van der Waals surface area contributed by atoms with Crippen molar-refractivity contribution in [1.82, 2.24) is 15.1 Å². The minimum Gasteiger partial charge on any atom is -0.306 e. The molecule has 0 aliphatic rings. The SMILES string of the molecule is CC(C)(C)n1nn[n+](C(C)(C)C)c1N. The summed E-state index contributed by atoms with van der Waals surface area (Å²) >= 11 is 0. The Morgan fingerprint density at radius 1 is 1.14 bits per heavy atom. The first-order valence-corrected chi connectivity index (χ1v) is 4.78. The zero-order valence-corrected chi connectivity index (χ0v) is 9.87. The second kappa shape index (κ2) is 2.93. The molecule has 1 aromatic rings. The molecular weight excluding hydrogens is 178 g/mol. The molecule has 0 unspecified atom stereocenters. The van der Waals surface area contributed by atoms with Crippen molar-refractivity contribution in [3.05, 3.63) is 0 Å². The van der Waals surface area contributed by atoms with Gasteiger partial charge in [-0.25, -0.2) is 0 Å². The van der Waals surface area contributed by atoms with Crippen LogP contribution in [-0.2, 0) is 11.1 Å². The van der Waals surface area contributed by atoms with Crippen LogP contribution >= 0.6 is 0 Å². The van der Waals surface area contributed by atoms with Gasteiger partial charge in [0.05, 0.1) is 10.8 Å². The molecule has 0 aliphatic carbocycles. The summed E-state index contributed by atoms with van der Waals surface area (Å²) in [6.45, 7) is 12.3. The Hall–Kier alpha value is -1.13. The predicted octanol–water partition coefficient (Wildman–Crippen LogP) is 0.658. The number of rotatable bonds is 0. The van der Waals surface area contributed by atoms with E-state index in [4.69, 9.17) is 5.73 Å². The molecule has 1 rings (SSSR count). The molecule has 80 valence electrons. The van der Waals surface area contributed by atoms with Gasteiger partial charge in [-0.05, 0) is 41.5 Å². The largest absolute Gasteiger partial charge is 0.363 e. The summed E-state index contributed by atoms with van der Waals surface area (Å²) in [5, 5.41) is 8.12. The Bertz CT molecular complexity index is 294. The average molecular weight is 198 g/mol. The second-order valence-corrected chi connectivity index (χ2v) is 5.50. The fraction of sp³-hybridized carbons (Fsp3) is 0.889. The molecule has 0 spiro atoms. The van der Waals surface area contributed by atoms with E-state index in [9.17, 15) is 0 Å². The van der Waals surface area contributed by atoms with Gasteiger partial charge in [0.2, 0.25) is 0 Å². The quantitative estimate of drug-likeness (QED) is 0.623. The van der Waals surface area contributed by atoms with Crippen LogP contribution in [0.4, 0.5) is 5.95 Å². The van der Waals surface area contributed by atoms with Crippen molar-refractivity contribution in [2.75, 3.05) is 5.73 Å². The van der Waals surface area contributed by atoms with Crippen molar-refractivity contribution in [1.29, 1.82) is 0 Å². The molecule has 0 saturated carbocycles. The normalized spacial score (nSPS) is 13.3. The highest BCUT2D eigenvalue weighted by atomic mass is 15.6. The van der Waals surface area contributed by atoms with E-state index in [2.05, 4.69) is 10.4 Å². The number of nitrogens with zero attached hydrogens (tertiary/aromatic N) is 4. The van der Waals surface area contributed by atoms with Crippen LogP contribution in [0.5, 0.6) is 0 Å². The van der Waals surface area contributed by atoms with Gasteiger partial charge in [-0.2, -0.15) is 0 Å². The van der Waals surface area contributed by atoms with Crippen molar-refractivity contribution in [2.24, 2.45) is 0 Å². The lowest BCUT2D eigenvalue weighted by molar-refractivity contribution is -0.794. The lowest BCUT2D eigenvalue weighted by atomic mass is 10.1. The Kier molecular flexibility index (Phi) is 2.29. The molecule has 0 bridgehead atoms. The van der Waals surface area contributed by atoms with Gasteiger partial charge in [0.15, 0.2) is 0 Å². The third-order valence-electron chi connectivity index (χ3n) is 1.92. The van der Waals surface area contributed by atoms with E-state index in [0.717, 1.165) is 0 Å². The van der Waals surface area contributed by atoms with Crippen LogP contribution in [-0.4, -0.2) is 15.1 Å². The van der Waals surface area contributed by atoms with Gasteiger partial charge in [-0.3, -0.25) is 0 Å². The Labute approximate surface area is 84.9 Å². The first kappa shape index (κ1) is 10.9. The monoisotopic (exact) mass is 198 g/mol. The van der Waals surface area contributed by atoms with Crippen LogP contribution in [0.15, 0.2) is 0 Å². The third-order valence-corrected chi connectivity index (χ3v) is 1.92. The topological polar surface area (TPSA) is 60.6 Å². The second-order valence-electron chi connectivity index (χ2n) is 5.50. The summed E-state index contributed by atoms with van der Waals surface area (Å²) < 4.78 is 3.47. The predicted molar refractivity (Wildman–Crippen MR) is 54.6 cm³/mol. The van der Waals surface area contributed by atoms with E-state index in [0.29, 0.717) is 5.95 Å². The number of nitrogens with two attached hydrogens (primary N) is 1. The molecule has 5 nitrogen and oxygen atoms in total. The van der Waals surface area contributed by atoms with Crippen LogP contribution in [0.3, 0.4) is 0 Å². The molecule has 0 amide bonds. The van der Waals surface area contributed by atoms with E-state index in [1.807, 2.05) is 41.5 Å². The van der Waals surface area contributed by atoms with Crippen molar-refractivity contribution < 1.29 is 4.68 Å². The summed E-state index contributed by atoms with van der Waals surface area (Å²) in [5.74, 6) is 0.588. The van der Waals surface area contributed by atoms with Gasteiger partial charge >= 0.3 is 5.95 Å². The molecule has 5 heteroatoms. The molecule has 2 N–H and O–H groups in total. The molecule has 0 aromatic carbocycles. The van der Waals surface area contributed by atoms with Gasteiger partial charge in [0.1, 0.15) is 10.8 Å². The molecule has 1 heterocycles. The van der Waals surface area contributed by atoms with E-state index in [1.54, 1.807) is 9.36 Å². The first-order chi connectivity index (χ1) is 6.14. The van der Waals surface area contributed by atoms with Crippen LogP contribution in [0, 0.1) is 0 Å². The van der Waals surface area contributed by atoms with E-state index >= 15 is 0 Å². The fourth-order valence-corrected chi connectivity index (χ4v) is 1.22. The maximum atomic E-state index is 5.98.